The summed E-state index contributed by atoms with van der Waals surface area (Å²) in [5.41, 5.74) is 1.02. The highest BCUT2D eigenvalue weighted by Gasteiger charge is 2.36. The first-order valence-corrected chi connectivity index (χ1v) is 9.19. The number of thioether (sulfide) groups is 1. The molecule has 0 radical (unpaired) electrons. The van der Waals surface area contributed by atoms with Gasteiger partial charge in [-0.25, -0.2) is 9.97 Å². The van der Waals surface area contributed by atoms with Gasteiger partial charge in [-0.05, 0) is 13.0 Å². The molecule has 0 N–H and O–H groups in total. The van der Waals surface area contributed by atoms with Gasteiger partial charge in [0.2, 0.25) is 17.5 Å². The van der Waals surface area contributed by atoms with Gasteiger partial charge >= 0.3 is 6.18 Å². The third-order valence-corrected chi connectivity index (χ3v) is 5.02. The number of halogens is 3. The van der Waals surface area contributed by atoms with E-state index in [1.165, 1.54) is 6.07 Å². The van der Waals surface area contributed by atoms with Crippen molar-refractivity contribution in [3.63, 3.8) is 0 Å². The molecule has 9 heteroatoms. The molecular weight excluding hydrogens is 389 g/mol. The Morgan fingerprint density at radius 2 is 1.64 bits per heavy atom. The highest BCUT2D eigenvalue weighted by molar-refractivity contribution is 7.99. The fourth-order valence-corrected chi connectivity index (χ4v) is 3.56. The SMILES string of the molecule is C[C@H](Sc1nc(C(F)(F)F)nc2ccccc12)c1nc(-c2ccccc2)no1. The molecule has 0 fully saturated rings. The number of rotatable bonds is 4. The van der Waals surface area contributed by atoms with Gasteiger partial charge < -0.3 is 4.52 Å². The van der Waals surface area contributed by atoms with Crippen LogP contribution in [-0.4, -0.2) is 20.1 Å². The quantitative estimate of drug-likeness (QED) is 0.329. The highest BCUT2D eigenvalue weighted by atomic mass is 32.2. The van der Waals surface area contributed by atoms with E-state index in [4.69, 9.17) is 4.52 Å². The first-order valence-electron chi connectivity index (χ1n) is 8.31. The molecule has 0 aliphatic carbocycles. The van der Waals surface area contributed by atoms with Crippen molar-refractivity contribution in [1.82, 2.24) is 20.1 Å². The number of para-hydroxylation sites is 1. The Labute approximate surface area is 162 Å². The molecule has 2 aromatic carbocycles. The summed E-state index contributed by atoms with van der Waals surface area (Å²) in [5.74, 6) is -0.442. The fraction of sp³-hybridized carbons (Fsp3) is 0.158. The number of hydrogen-bond donors (Lipinski definition) is 0. The van der Waals surface area contributed by atoms with Crippen LogP contribution in [0.2, 0.25) is 0 Å². The molecule has 142 valence electrons. The molecule has 4 rings (SSSR count). The number of alkyl halides is 3. The monoisotopic (exact) mass is 402 g/mol. The Hall–Kier alpha value is -2.94. The van der Waals surface area contributed by atoms with Crippen molar-refractivity contribution < 1.29 is 17.7 Å². The molecule has 0 unspecified atom stereocenters. The predicted octanol–water partition coefficient (Wildman–Crippen LogP) is 5.55. The normalized spacial score (nSPS) is 13.0. The van der Waals surface area contributed by atoms with Gasteiger partial charge in [-0.1, -0.05) is 65.4 Å². The van der Waals surface area contributed by atoms with Crippen LogP contribution in [0.5, 0.6) is 0 Å². The Morgan fingerprint density at radius 3 is 2.39 bits per heavy atom. The number of hydrogen-bond acceptors (Lipinski definition) is 6. The van der Waals surface area contributed by atoms with E-state index in [2.05, 4.69) is 20.1 Å². The Morgan fingerprint density at radius 1 is 0.929 bits per heavy atom. The van der Waals surface area contributed by atoms with Crippen molar-refractivity contribution in [1.29, 1.82) is 0 Å². The number of fused-ring (bicyclic) bond motifs is 1. The number of aromatic nitrogens is 4. The van der Waals surface area contributed by atoms with Crippen molar-refractivity contribution in [3.05, 3.63) is 66.3 Å². The molecular formula is C19H13F3N4OS. The highest BCUT2D eigenvalue weighted by Crippen LogP contribution is 2.38. The lowest BCUT2D eigenvalue weighted by Gasteiger charge is -2.12. The maximum absolute atomic E-state index is 13.2. The zero-order chi connectivity index (χ0) is 19.7. The molecule has 0 aliphatic rings. The number of nitrogens with zero attached hydrogens (tertiary/aromatic N) is 4. The second kappa shape index (κ2) is 7.23. The second-order valence-corrected chi connectivity index (χ2v) is 7.28. The summed E-state index contributed by atoms with van der Waals surface area (Å²) in [6, 6.07) is 15.9. The summed E-state index contributed by atoms with van der Waals surface area (Å²) in [6.45, 7) is 1.77. The van der Waals surface area contributed by atoms with Gasteiger partial charge in [-0.3, -0.25) is 0 Å². The standard InChI is InChI=1S/C19H13F3N4OS/c1-11(16-24-15(26-27-16)12-7-3-2-4-8-12)28-17-13-9-5-6-10-14(13)23-18(25-17)19(20,21)22/h2-11H,1H3/t11-/m0/s1. The van der Waals surface area contributed by atoms with Crippen molar-refractivity contribution in [2.75, 3.05) is 0 Å². The van der Waals surface area contributed by atoms with E-state index in [9.17, 15) is 13.2 Å². The lowest BCUT2D eigenvalue weighted by Crippen LogP contribution is -2.12. The first kappa shape index (κ1) is 18.4. The van der Waals surface area contributed by atoms with Crippen LogP contribution in [0, 0.1) is 0 Å². The molecule has 0 saturated carbocycles. The first-order chi connectivity index (χ1) is 13.4. The van der Waals surface area contributed by atoms with Crippen molar-refractivity contribution >= 4 is 22.7 Å². The molecule has 2 heterocycles. The van der Waals surface area contributed by atoms with Crippen LogP contribution < -0.4 is 0 Å². The molecule has 1 atom stereocenters. The van der Waals surface area contributed by atoms with E-state index in [1.54, 1.807) is 25.1 Å². The molecule has 0 bridgehead atoms. The lowest BCUT2D eigenvalue weighted by atomic mass is 10.2. The average Bonchev–Trinajstić information content (AvgIpc) is 3.18. The Balaban J connectivity index is 1.67. The minimum Gasteiger partial charge on any atom is -0.338 e. The van der Waals surface area contributed by atoms with E-state index < -0.39 is 17.3 Å². The lowest BCUT2D eigenvalue weighted by molar-refractivity contribution is -0.145. The maximum Gasteiger partial charge on any atom is 0.451 e. The van der Waals surface area contributed by atoms with Gasteiger partial charge in [0.25, 0.3) is 0 Å². The Bertz CT molecular complexity index is 1120. The van der Waals surface area contributed by atoms with Gasteiger partial charge in [-0.15, -0.1) is 0 Å². The molecule has 2 aromatic heterocycles. The fourth-order valence-electron chi connectivity index (χ4n) is 2.59. The zero-order valence-corrected chi connectivity index (χ0v) is 15.3. The molecule has 0 aliphatic heterocycles. The average molecular weight is 402 g/mol. The molecule has 5 nitrogen and oxygen atoms in total. The zero-order valence-electron chi connectivity index (χ0n) is 14.5. The van der Waals surface area contributed by atoms with Crippen LogP contribution in [0.3, 0.4) is 0 Å². The van der Waals surface area contributed by atoms with Crippen LogP contribution in [-0.2, 0) is 6.18 Å². The summed E-state index contributed by atoms with van der Waals surface area (Å²) in [7, 11) is 0. The molecule has 28 heavy (non-hydrogen) atoms. The number of benzene rings is 2. The van der Waals surface area contributed by atoms with Crippen LogP contribution in [0.15, 0.2) is 64.1 Å². The van der Waals surface area contributed by atoms with Crippen molar-refractivity contribution in [2.45, 2.75) is 23.4 Å². The molecule has 0 amide bonds. The van der Waals surface area contributed by atoms with E-state index in [0.29, 0.717) is 17.1 Å². The van der Waals surface area contributed by atoms with Crippen LogP contribution in [0.1, 0.15) is 23.9 Å². The van der Waals surface area contributed by atoms with Crippen LogP contribution >= 0.6 is 11.8 Å². The molecule has 0 spiro atoms. The minimum atomic E-state index is -4.63. The minimum absolute atomic E-state index is 0.213. The second-order valence-electron chi connectivity index (χ2n) is 5.95. The van der Waals surface area contributed by atoms with Crippen LogP contribution in [0.25, 0.3) is 22.3 Å². The van der Waals surface area contributed by atoms with Crippen LogP contribution in [0.4, 0.5) is 13.2 Å². The van der Waals surface area contributed by atoms with E-state index in [-0.39, 0.29) is 10.5 Å². The summed E-state index contributed by atoms with van der Waals surface area (Å²) in [6.07, 6.45) is -4.63. The smallest absolute Gasteiger partial charge is 0.338 e. The van der Waals surface area contributed by atoms with Gasteiger partial charge in [0.15, 0.2) is 0 Å². The third-order valence-electron chi connectivity index (χ3n) is 3.93. The predicted molar refractivity (Wildman–Crippen MR) is 98.5 cm³/mol. The van der Waals surface area contributed by atoms with E-state index in [1.807, 2.05) is 30.3 Å². The largest absolute Gasteiger partial charge is 0.451 e. The summed E-state index contributed by atoms with van der Waals surface area (Å²) in [4.78, 5) is 11.7. The molecule has 4 aromatic rings. The van der Waals surface area contributed by atoms with E-state index in [0.717, 1.165) is 17.3 Å². The van der Waals surface area contributed by atoms with Gasteiger partial charge in [0, 0.05) is 10.9 Å². The van der Waals surface area contributed by atoms with Gasteiger partial charge in [-0.2, -0.15) is 18.2 Å². The molecule has 0 saturated heterocycles. The summed E-state index contributed by atoms with van der Waals surface area (Å²) in [5, 5.41) is 4.31. The maximum atomic E-state index is 13.2. The van der Waals surface area contributed by atoms with E-state index >= 15 is 0 Å². The summed E-state index contributed by atoms with van der Waals surface area (Å²) < 4.78 is 44.8. The third kappa shape index (κ3) is 3.70. The topological polar surface area (TPSA) is 64.7 Å². The van der Waals surface area contributed by atoms with Gasteiger partial charge in [0.05, 0.1) is 10.8 Å². The van der Waals surface area contributed by atoms with Crippen molar-refractivity contribution in [2.24, 2.45) is 0 Å². The Kier molecular flexibility index (Phi) is 4.76. The summed E-state index contributed by atoms with van der Waals surface area (Å²) >= 11 is 1.12. The van der Waals surface area contributed by atoms with Crippen molar-refractivity contribution in [3.8, 4) is 11.4 Å². The van der Waals surface area contributed by atoms with Gasteiger partial charge in [0.1, 0.15) is 5.03 Å².